The number of anilines is 2. The molecule has 0 unspecified atom stereocenters. The number of nitrogens with one attached hydrogen (secondary N) is 2. The number of thiazole rings is 1. The molecular weight excluding hydrogens is 416 g/mol. The molecule has 4 aromatic rings. The van der Waals surface area contributed by atoms with Crippen LogP contribution >= 0.6 is 11.3 Å². The van der Waals surface area contributed by atoms with Crippen LogP contribution in [0.25, 0.3) is 10.8 Å². The second kappa shape index (κ2) is 9.67. The maximum Gasteiger partial charge on any atom is 0.188 e. The Balaban J connectivity index is 1.43. The van der Waals surface area contributed by atoms with Crippen molar-refractivity contribution >= 4 is 33.1 Å². The lowest BCUT2D eigenvalue weighted by Crippen LogP contribution is -2.30. The minimum atomic E-state index is 0.574. The van der Waals surface area contributed by atoms with Crippen molar-refractivity contribution in [1.82, 2.24) is 15.3 Å². The molecule has 0 aliphatic heterocycles. The molecule has 2 heterocycles. The Bertz CT molecular complexity index is 1190. The molecule has 32 heavy (non-hydrogen) atoms. The molecule has 0 amide bonds. The van der Waals surface area contributed by atoms with E-state index in [0.29, 0.717) is 6.04 Å². The average Bonchev–Trinajstić information content (AvgIpc) is 3.24. The predicted molar refractivity (Wildman–Crippen MR) is 132 cm³/mol. The first-order chi connectivity index (χ1) is 15.7. The summed E-state index contributed by atoms with van der Waals surface area (Å²) >= 11 is 1.57. The molecule has 0 spiro atoms. The zero-order valence-electron chi connectivity index (χ0n) is 18.3. The first-order valence-corrected chi connectivity index (χ1v) is 12.2. The van der Waals surface area contributed by atoms with E-state index in [9.17, 15) is 0 Å². The maximum atomic E-state index is 6.51. The van der Waals surface area contributed by atoms with E-state index in [4.69, 9.17) is 4.74 Å². The molecule has 164 valence electrons. The fourth-order valence-electron chi connectivity index (χ4n) is 4.25. The highest BCUT2D eigenvalue weighted by Gasteiger charge is 2.15. The van der Waals surface area contributed by atoms with Crippen molar-refractivity contribution in [3.05, 3.63) is 71.4 Å². The van der Waals surface area contributed by atoms with Crippen LogP contribution < -0.4 is 15.4 Å². The SMILES string of the molecule is Cc1csc(Nc2cc(Oc3cccc4ccccc34)c(CNC3CCCCC3)cn2)n1. The minimum absolute atomic E-state index is 0.574. The molecular formula is C26H28N4OS. The van der Waals surface area contributed by atoms with Gasteiger partial charge < -0.3 is 15.4 Å². The highest BCUT2D eigenvalue weighted by molar-refractivity contribution is 7.13. The van der Waals surface area contributed by atoms with Gasteiger partial charge in [0, 0.05) is 41.2 Å². The van der Waals surface area contributed by atoms with E-state index < -0.39 is 0 Å². The third-order valence-electron chi connectivity index (χ3n) is 5.95. The standard InChI is InChI=1S/C26H28N4OS/c1-18-17-32-26(29-18)30-25-14-24(20(16-28-25)15-27-21-10-3-2-4-11-21)31-23-13-7-9-19-8-5-6-12-22(19)23/h5-9,12-14,16-17,21,27H,2-4,10-11,15H2,1H3,(H,28,29,30). The summed E-state index contributed by atoms with van der Waals surface area (Å²) in [6.07, 6.45) is 8.38. The lowest BCUT2D eigenvalue weighted by atomic mass is 9.95. The van der Waals surface area contributed by atoms with Crippen molar-refractivity contribution in [2.45, 2.75) is 51.6 Å². The molecule has 2 N–H and O–H groups in total. The molecule has 1 fully saturated rings. The number of nitrogens with zero attached hydrogens (tertiary/aromatic N) is 2. The van der Waals surface area contributed by atoms with Gasteiger partial charge in [-0.1, -0.05) is 55.7 Å². The van der Waals surface area contributed by atoms with Crippen molar-refractivity contribution in [1.29, 1.82) is 0 Å². The van der Waals surface area contributed by atoms with E-state index in [1.54, 1.807) is 11.3 Å². The van der Waals surface area contributed by atoms with Crippen molar-refractivity contribution in [3.63, 3.8) is 0 Å². The van der Waals surface area contributed by atoms with E-state index in [2.05, 4.69) is 44.9 Å². The highest BCUT2D eigenvalue weighted by Crippen LogP contribution is 2.33. The van der Waals surface area contributed by atoms with Crippen LogP contribution in [-0.2, 0) is 6.54 Å². The van der Waals surface area contributed by atoms with Gasteiger partial charge in [0.2, 0.25) is 0 Å². The molecule has 0 bridgehead atoms. The van der Waals surface area contributed by atoms with Crippen LogP contribution in [0.4, 0.5) is 10.9 Å². The number of hydrogen-bond acceptors (Lipinski definition) is 6. The summed E-state index contributed by atoms with van der Waals surface area (Å²) in [5.41, 5.74) is 2.06. The summed E-state index contributed by atoms with van der Waals surface area (Å²) < 4.78 is 6.51. The third-order valence-corrected chi connectivity index (χ3v) is 6.83. The van der Waals surface area contributed by atoms with Gasteiger partial charge in [-0.05, 0) is 31.2 Å². The van der Waals surface area contributed by atoms with Crippen LogP contribution in [0, 0.1) is 6.92 Å². The van der Waals surface area contributed by atoms with Gasteiger partial charge in [0.15, 0.2) is 5.13 Å². The van der Waals surface area contributed by atoms with Gasteiger partial charge in [-0.25, -0.2) is 9.97 Å². The zero-order chi connectivity index (χ0) is 21.8. The summed E-state index contributed by atoms with van der Waals surface area (Å²) in [5, 5.41) is 12.2. The Hall–Kier alpha value is -2.96. The fourth-order valence-corrected chi connectivity index (χ4v) is 4.94. The van der Waals surface area contributed by atoms with E-state index in [1.807, 2.05) is 42.8 Å². The Morgan fingerprint density at radius 2 is 1.88 bits per heavy atom. The van der Waals surface area contributed by atoms with Gasteiger partial charge in [0.1, 0.15) is 17.3 Å². The molecule has 6 heteroatoms. The van der Waals surface area contributed by atoms with Crippen LogP contribution in [0.3, 0.4) is 0 Å². The Labute approximate surface area is 192 Å². The summed E-state index contributed by atoms with van der Waals surface area (Å²) in [5.74, 6) is 2.40. The number of aryl methyl sites for hydroxylation is 1. The number of aromatic nitrogens is 2. The van der Waals surface area contributed by atoms with Gasteiger partial charge in [-0.15, -0.1) is 11.3 Å². The minimum Gasteiger partial charge on any atom is -0.456 e. The second-order valence-corrected chi connectivity index (χ2v) is 9.25. The second-order valence-electron chi connectivity index (χ2n) is 8.39. The van der Waals surface area contributed by atoms with Crippen LogP contribution in [-0.4, -0.2) is 16.0 Å². The number of pyridine rings is 1. The van der Waals surface area contributed by atoms with Crippen molar-refractivity contribution in [2.75, 3.05) is 5.32 Å². The topological polar surface area (TPSA) is 59.1 Å². The number of hydrogen-bond donors (Lipinski definition) is 2. The largest absolute Gasteiger partial charge is 0.456 e. The Morgan fingerprint density at radius 1 is 1.03 bits per heavy atom. The van der Waals surface area contributed by atoms with Crippen molar-refractivity contribution in [2.24, 2.45) is 0 Å². The summed E-state index contributed by atoms with van der Waals surface area (Å²) in [6, 6.07) is 17.0. The monoisotopic (exact) mass is 444 g/mol. The summed E-state index contributed by atoms with van der Waals surface area (Å²) in [4.78, 5) is 9.14. The summed E-state index contributed by atoms with van der Waals surface area (Å²) in [7, 11) is 0. The Kier molecular flexibility index (Phi) is 6.32. The maximum absolute atomic E-state index is 6.51. The van der Waals surface area contributed by atoms with Crippen LogP contribution in [0.5, 0.6) is 11.5 Å². The molecule has 1 aliphatic carbocycles. The van der Waals surface area contributed by atoms with Crippen LogP contribution in [0.1, 0.15) is 43.4 Å². The molecule has 1 saturated carbocycles. The smallest absolute Gasteiger partial charge is 0.188 e. The molecule has 5 nitrogen and oxygen atoms in total. The zero-order valence-corrected chi connectivity index (χ0v) is 19.1. The number of benzene rings is 2. The van der Waals surface area contributed by atoms with Gasteiger partial charge in [0.05, 0.1) is 5.69 Å². The molecule has 0 saturated heterocycles. The van der Waals surface area contributed by atoms with Gasteiger partial charge >= 0.3 is 0 Å². The van der Waals surface area contributed by atoms with Gasteiger partial charge in [-0.3, -0.25) is 0 Å². The quantitative estimate of drug-likeness (QED) is 0.323. The predicted octanol–water partition coefficient (Wildman–Crippen LogP) is 6.96. The van der Waals surface area contributed by atoms with Crippen LogP contribution in [0.15, 0.2) is 60.1 Å². The number of ether oxygens (including phenoxy) is 1. The average molecular weight is 445 g/mol. The molecule has 2 aromatic heterocycles. The molecule has 2 aromatic carbocycles. The molecule has 1 aliphatic rings. The first-order valence-electron chi connectivity index (χ1n) is 11.3. The normalized spacial score (nSPS) is 14.5. The molecule has 0 radical (unpaired) electrons. The van der Waals surface area contributed by atoms with Gasteiger partial charge in [0.25, 0.3) is 0 Å². The molecule has 0 atom stereocenters. The number of fused-ring (bicyclic) bond motifs is 1. The Morgan fingerprint density at radius 3 is 2.72 bits per heavy atom. The van der Waals surface area contributed by atoms with Crippen LogP contribution in [0.2, 0.25) is 0 Å². The van der Waals surface area contributed by atoms with E-state index in [0.717, 1.165) is 51.0 Å². The van der Waals surface area contributed by atoms with Crippen molar-refractivity contribution < 1.29 is 4.74 Å². The van der Waals surface area contributed by atoms with Gasteiger partial charge in [-0.2, -0.15) is 0 Å². The van der Waals surface area contributed by atoms with E-state index in [-0.39, 0.29) is 0 Å². The van der Waals surface area contributed by atoms with E-state index >= 15 is 0 Å². The number of rotatable bonds is 7. The lowest BCUT2D eigenvalue weighted by molar-refractivity contribution is 0.369. The van der Waals surface area contributed by atoms with E-state index in [1.165, 1.54) is 32.1 Å². The summed E-state index contributed by atoms with van der Waals surface area (Å²) in [6.45, 7) is 2.73. The lowest BCUT2D eigenvalue weighted by Gasteiger charge is -2.23. The fraction of sp³-hybridized carbons (Fsp3) is 0.308. The first kappa shape index (κ1) is 20.9. The third kappa shape index (κ3) is 4.92. The molecule has 5 rings (SSSR count). The highest BCUT2D eigenvalue weighted by atomic mass is 32.1. The van der Waals surface area contributed by atoms with Crippen molar-refractivity contribution in [3.8, 4) is 11.5 Å².